The Morgan fingerprint density at radius 3 is 2.41 bits per heavy atom. The topological polar surface area (TPSA) is 60.3 Å². The van der Waals surface area contributed by atoms with E-state index < -0.39 is 18.0 Å². The lowest BCUT2D eigenvalue weighted by Gasteiger charge is -2.14. The molecule has 1 N–H and O–H groups in total. The Morgan fingerprint density at radius 2 is 1.86 bits per heavy atom. The Labute approximate surface area is 137 Å². The third kappa shape index (κ3) is 4.02. The minimum Gasteiger partial charge on any atom is -0.448 e. The third-order valence-electron chi connectivity index (χ3n) is 2.94. The summed E-state index contributed by atoms with van der Waals surface area (Å²) in [6.07, 6.45) is 0.759. The van der Waals surface area contributed by atoms with Gasteiger partial charge in [-0.3, -0.25) is 4.79 Å². The summed E-state index contributed by atoms with van der Waals surface area (Å²) in [7, 11) is 1.72. The summed E-state index contributed by atoms with van der Waals surface area (Å²) < 4.78 is 6.75. The minimum absolute atomic E-state index is 0.366. The van der Waals surface area contributed by atoms with Crippen LogP contribution >= 0.6 is 23.2 Å². The second-order valence-electron chi connectivity index (χ2n) is 4.70. The van der Waals surface area contributed by atoms with Crippen LogP contribution in [-0.4, -0.2) is 22.5 Å². The number of nitrogens with one attached hydrogen (secondary N) is 1. The second kappa shape index (κ2) is 6.85. The van der Waals surface area contributed by atoms with Crippen molar-refractivity contribution >= 4 is 40.8 Å². The average Bonchev–Trinajstić information content (AvgIpc) is 2.83. The number of esters is 1. The van der Waals surface area contributed by atoms with Gasteiger partial charge in [-0.15, -0.1) is 0 Å². The fourth-order valence-electron chi connectivity index (χ4n) is 1.82. The highest BCUT2D eigenvalue weighted by molar-refractivity contribution is 6.35. The van der Waals surface area contributed by atoms with Crippen molar-refractivity contribution in [2.45, 2.75) is 13.0 Å². The molecule has 1 atom stereocenters. The standard InChI is InChI=1S/C15H14Cl2N2O3/c1-9(22-15(21)13-4-3-5-19(13)2)14(20)18-12-7-10(16)6-11(17)8-12/h3-9H,1-2H3,(H,18,20)/t9-/m1/s1. The smallest absolute Gasteiger partial charge is 0.355 e. The highest BCUT2D eigenvalue weighted by Crippen LogP contribution is 2.22. The Balaban J connectivity index is 2.00. The van der Waals surface area contributed by atoms with Crippen molar-refractivity contribution < 1.29 is 14.3 Å². The molecule has 2 aromatic rings. The van der Waals surface area contributed by atoms with Crippen LogP contribution in [0.25, 0.3) is 0 Å². The lowest BCUT2D eigenvalue weighted by atomic mass is 10.3. The lowest BCUT2D eigenvalue weighted by Crippen LogP contribution is -2.30. The molecule has 0 saturated carbocycles. The zero-order chi connectivity index (χ0) is 16.3. The molecule has 1 aromatic carbocycles. The van der Waals surface area contributed by atoms with Crippen molar-refractivity contribution in [3.63, 3.8) is 0 Å². The van der Waals surface area contributed by atoms with Crippen LogP contribution in [0.4, 0.5) is 5.69 Å². The van der Waals surface area contributed by atoms with E-state index in [1.807, 2.05) is 0 Å². The SMILES string of the molecule is C[C@@H](OC(=O)c1cccn1C)C(=O)Nc1cc(Cl)cc(Cl)c1. The Kier molecular flexibility index (Phi) is 5.11. The molecule has 7 heteroatoms. The van der Waals surface area contributed by atoms with E-state index in [-0.39, 0.29) is 0 Å². The van der Waals surface area contributed by atoms with E-state index in [2.05, 4.69) is 5.32 Å². The van der Waals surface area contributed by atoms with Gasteiger partial charge < -0.3 is 14.6 Å². The van der Waals surface area contributed by atoms with Crippen LogP contribution in [0, 0.1) is 0 Å². The van der Waals surface area contributed by atoms with Gasteiger partial charge in [0.2, 0.25) is 0 Å². The number of anilines is 1. The lowest BCUT2D eigenvalue weighted by molar-refractivity contribution is -0.123. The molecule has 1 aromatic heterocycles. The van der Waals surface area contributed by atoms with Gasteiger partial charge in [0, 0.05) is 29.0 Å². The van der Waals surface area contributed by atoms with Crippen molar-refractivity contribution in [3.8, 4) is 0 Å². The van der Waals surface area contributed by atoms with E-state index in [9.17, 15) is 9.59 Å². The zero-order valence-corrected chi connectivity index (χ0v) is 13.5. The number of nitrogens with zero attached hydrogens (tertiary/aromatic N) is 1. The monoisotopic (exact) mass is 340 g/mol. The highest BCUT2D eigenvalue weighted by Gasteiger charge is 2.20. The molecule has 1 amide bonds. The number of aromatic nitrogens is 1. The average molecular weight is 341 g/mol. The molecule has 0 bridgehead atoms. The quantitative estimate of drug-likeness (QED) is 0.866. The van der Waals surface area contributed by atoms with Crippen molar-refractivity contribution in [2.75, 3.05) is 5.32 Å². The number of amides is 1. The van der Waals surface area contributed by atoms with Gasteiger partial charge in [-0.25, -0.2) is 4.79 Å². The summed E-state index contributed by atoms with van der Waals surface area (Å²) in [4.78, 5) is 24.0. The molecule has 22 heavy (non-hydrogen) atoms. The summed E-state index contributed by atoms with van der Waals surface area (Å²) >= 11 is 11.7. The second-order valence-corrected chi connectivity index (χ2v) is 5.57. The molecule has 116 valence electrons. The van der Waals surface area contributed by atoms with Crippen molar-refractivity contribution in [1.29, 1.82) is 0 Å². The molecule has 2 rings (SSSR count). The molecule has 0 aliphatic heterocycles. The maximum absolute atomic E-state index is 12.0. The maximum atomic E-state index is 12.0. The van der Waals surface area contributed by atoms with Crippen LogP contribution in [0.15, 0.2) is 36.5 Å². The summed E-state index contributed by atoms with van der Waals surface area (Å²) in [6.45, 7) is 1.49. The van der Waals surface area contributed by atoms with Gasteiger partial charge in [0.15, 0.2) is 6.10 Å². The van der Waals surface area contributed by atoms with E-state index in [0.29, 0.717) is 21.4 Å². The number of aryl methyl sites for hydroxylation is 1. The van der Waals surface area contributed by atoms with Crippen molar-refractivity contribution in [2.24, 2.45) is 7.05 Å². The van der Waals surface area contributed by atoms with E-state index in [0.717, 1.165) is 0 Å². The Hall–Kier alpha value is -1.98. The molecule has 0 aliphatic carbocycles. The summed E-state index contributed by atoms with van der Waals surface area (Å²) in [5.74, 6) is -1.04. The highest BCUT2D eigenvalue weighted by atomic mass is 35.5. The van der Waals surface area contributed by atoms with Crippen molar-refractivity contribution in [1.82, 2.24) is 4.57 Å². The van der Waals surface area contributed by atoms with Gasteiger partial charge in [-0.1, -0.05) is 23.2 Å². The van der Waals surface area contributed by atoms with Crippen LogP contribution in [0.3, 0.4) is 0 Å². The van der Waals surface area contributed by atoms with Crippen molar-refractivity contribution in [3.05, 3.63) is 52.3 Å². The summed E-state index contributed by atoms with van der Waals surface area (Å²) in [5, 5.41) is 3.40. The summed E-state index contributed by atoms with van der Waals surface area (Å²) in [6, 6.07) is 7.99. The van der Waals surface area contributed by atoms with E-state index in [4.69, 9.17) is 27.9 Å². The number of carbonyl (C=O) groups excluding carboxylic acids is 2. The maximum Gasteiger partial charge on any atom is 0.355 e. The number of carbonyl (C=O) groups is 2. The largest absolute Gasteiger partial charge is 0.448 e. The first-order chi connectivity index (χ1) is 10.4. The Bertz CT molecular complexity index is 692. The summed E-state index contributed by atoms with van der Waals surface area (Å²) in [5.41, 5.74) is 0.801. The molecule has 5 nitrogen and oxygen atoms in total. The molecule has 0 unspecified atom stereocenters. The Morgan fingerprint density at radius 1 is 1.23 bits per heavy atom. The van der Waals surface area contributed by atoms with E-state index in [1.165, 1.54) is 6.92 Å². The number of hydrogen-bond acceptors (Lipinski definition) is 3. The number of ether oxygens (including phenoxy) is 1. The zero-order valence-electron chi connectivity index (χ0n) is 12.0. The first kappa shape index (κ1) is 16.4. The van der Waals surface area contributed by atoms with Gasteiger partial charge in [0.05, 0.1) is 0 Å². The van der Waals surface area contributed by atoms with Gasteiger partial charge in [0.1, 0.15) is 5.69 Å². The van der Waals surface area contributed by atoms with E-state index >= 15 is 0 Å². The molecule has 0 spiro atoms. The molecular weight excluding hydrogens is 327 g/mol. The number of rotatable bonds is 4. The minimum atomic E-state index is -0.958. The number of hydrogen-bond donors (Lipinski definition) is 1. The fourth-order valence-corrected chi connectivity index (χ4v) is 2.34. The number of benzene rings is 1. The van der Waals surface area contributed by atoms with Gasteiger partial charge in [0.25, 0.3) is 5.91 Å². The van der Waals surface area contributed by atoms with Gasteiger partial charge >= 0.3 is 5.97 Å². The molecule has 0 saturated heterocycles. The molecular formula is C15H14Cl2N2O3. The molecule has 0 radical (unpaired) electrons. The number of halogens is 2. The third-order valence-corrected chi connectivity index (χ3v) is 3.37. The van der Waals surface area contributed by atoms with E-state index in [1.54, 1.807) is 48.1 Å². The molecule has 0 aliphatic rings. The first-order valence-corrected chi connectivity index (χ1v) is 7.21. The van der Waals surface area contributed by atoms with Crippen LogP contribution in [-0.2, 0) is 16.6 Å². The molecule has 0 fully saturated rings. The van der Waals surface area contributed by atoms with Crippen LogP contribution in [0.1, 0.15) is 17.4 Å². The van der Waals surface area contributed by atoms with Gasteiger partial charge in [-0.05, 0) is 37.3 Å². The van der Waals surface area contributed by atoms with Crippen LogP contribution in [0.2, 0.25) is 10.0 Å². The van der Waals surface area contributed by atoms with Crippen LogP contribution < -0.4 is 5.32 Å². The first-order valence-electron chi connectivity index (χ1n) is 6.46. The predicted molar refractivity (Wildman–Crippen MR) is 85.4 cm³/mol. The fraction of sp³-hybridized carbons (Fsp3) is 0.200. The van der Waals surface area contributed by atoms with Crippen LogP contribution in [0.5, 0.6) is 0 Å². The normalized spacial score (nSPS) is 11.8. The van der Waals surface area contributed by atoms with Gasteiger partial charge in [-0.2, -0.15) is 0 Å². The molecule has 1 heterocycles. The predicted octanol–water partition coefficient (Wildman–Crippen LogP) is 3.52.